The van der Waals surface area contributed by atoms with E-state index in [-0.39, 0.29) is 11.5 Å². The molecule has 5 rings (SSSR count). The average Bonchev–Trinajstić information content (AvgIpc) is 3.15. The van der Waals surface area contributed by atoms with Crippen LogP contribution in [-0.2, 0) is 0 Å². The molecule has 2 aromatic heterocycles. The van der Waals surface area contributed by atoms with Crippen molar-refractivity contribution in [2.75, 3.05) is 18.4 Å². The predicted octanol–water partition coefficient (Wildman–Crippen LogP) is 2.74. The van der Waals surface area contributed by atoms with Gasteiger partial charge in [0.25, 0.3) is 0 Å². The third kappa shape index (κ3) is 3.79. The fraction of sp³-hybridized carbons (Fsp3) is 0.478. The summed E-state index contributed by atoms with van der Waals surface area (Å²) in [5.74, 6) is 0.940. The molecule has 2 aliphatic rings. The Bertz CT molecular complexity index is 1190. The number of aromatic nitrogens is 4. The van der Waals surface area contributed by atoms with Gasteiger partial charge in [0.1, 0.15) is 0 Å². The van der Waals surface area contributed by atoms with Crippen LogP contribution in [0.3, 0.4) is 0 Å². The number of H-pyrrole nitrogens is 1. The molecule has 0 amide bonds. The van der Waals surface area contributed by atoms with Crippen LogP contribution in [0, 0.1) is 13.8 Å². The molecule has 1 aromatic carbocycles. The standard InChI is InChI=1S/C23H29BN6O/c1-14-8-9-17(10-15(14)2)26-23(24)29-12-16(13-29)20-27-21-19(22(31)28-20)11-25-30(21)18-6-4-3-5-7-18/h8-11,16,18,24,26H,3-7,12-13H2,1-2H3,(H,27,28,31). The number of hydrogen-bond acceptors (Lipinski definition) is 5. The Morgan fingerprint density at radius 3 is 2.68 bits per heavy atom. The Morgan fingerprint density at radius 2 is 1.94 bits per heavy atom. The maximum absolute atomic E-state index is 12.7. The first-order valence-corrected chi connectivity index (χ1v) is 11.2. The fourth-order valence-corrected chi connectivity index (χ4v) is 4.68. The Kier molecular flexibility index (Phi) is 5.16. The third-order valence-electron chi connectivity index (χ3n) is 6.85. The molecule has 1 saturated carbocycles. The van der Waals surface area contributed by atoms with Gasteiger partial charge in [0, 0.05) is 0 Å². The molecule has 0 unspecified atom stereocenters. The van der Waals surface area contributed by atoms with Crippen LogP contribution >= 0.6 is 0 Å². The Morgan fingerprint density at radius 1 is 1.16 bits per heavy atom. The van der Waals surface area contributed by atoms with Crippen LogP contribution in [0.15, 0.2) is 29.2 Å². The molecule has 0 radical (unpaired) electrons. The molecule has 160 valence electrons. The summed E-state index contributed by atoms with van der Waals surface area (Å²) in [6, 6.07) is 6.68. The van der Waals surface area contributed by atoms with Gasteiger partial charge in [-0.15, -0.1) is 0 Å². The molecule has 7 nitrogen and oxygen atoms in total. The second-order valence-electron chi connectivity index (χ2n) is 9.04. The molecule has 0 atom stereocenters. The molecule has 2 N–H and O–H groups in total. The summed E-state index contributed by atoms with van der Waals surface area (Å²) in [7, 11) is 4.20. The van der Waals surface area contributed by atoms with E-state index in [1.807, 2.05) is 4.68 Å². The van der Waals surface area contributed by atoms with E-state index in [0.717, 1.165) is 48.8 Å². The van der Waals surface area contributed by atoms with Gasteiger partial charge in [-0.2, -0.15) is 0 Å². The van der Waals surface area contributed by atoms with E-state index >= 15 is 0 Å². The summed E-state index contributed by atoms with van der Waals surface area (Å²) >= 11 is 0. The molecular formula is C23H29BN6O. The zero-order valence-corrected chi connectivity index (χ0v) is 18.3. The first kappa shape index (κ1) is 20.0. The van der Waals surface area contributed by atoms with Crippen molar-refractivity contribution in [3.63, 3.8) is 0 Å². The summed E-state index contributed by atoms with van der Waals surface area (Å²) in [5, 5.41) is 8.51. The molecule has 0 spiro atoms. The molecule has 1 saturated heterocycles. The van der Waals surface area contributed by atoms with Gasteiger partial charge in [-0.25, -0.2) is 0 Å². The Labute approximate surface area is 182 Å². The van der Waals surface area contributed by atoms with Crippen LogP contribution in [-0.4, -0.2) is 50.9 Å². The van der Waals surface area contributed by atoms with Gasteiger partial charge in [-0.05, 0) is 0 Å². The van der Waals surface area contributed by atoms with Gasteiger partial charge >= 0.3 is 183 Å². The first-order chi connectivity index (χ1) is 15.0. The number of likely N-dealkylation sites (tertiary alicyclic amines) is 1. The monoisotopic (exact) mass is 416 g/mol. The van der Waals surface area contributed by atoms with E-state index in [4.69, 9.17) is 4.98 Å². The quantitative estimate of drug-likeness (QED) is 0.626. The Hall–Kier alpha value is -2.90. The van der Waals surface area contributed by atoms with E-state index in [0.29, 0.717) is 11.4 Å². The van der Waals surface area contributed by atoms with Gasteiger partial charge in [0.15, 0.2) is 0 Å². The van der Waals surface area contributed by atoms with Crippen molar-refractivity contribution in [2.45, 2.75) is 57.9 Å². The molecular weight excluding hydrogens is 387 g/mol. The summed E-state index contributed by atoms with van der Waals surface area (Å²) in [4.78, 5) is 22.7. The normalized spacial score (nSPS) is 17.6. The molecule has 3 aromatic rings. The van der Waals surface area contributed by atoms with Crippen molar-refractivity contribution >= 4 is 29.9 Å². The van der Waals surface area contributed by atoms with E-state index < -0.39 is 0 Å². The number of hydrogen-bond donors (Lipinski definition) is 2. The van der Waals surface area contributed by atoms with Crippen LogP contribution in [0.5, 0.6) is 0 Å². The number of rotatable bonds is 5. The Balaban J connectivity index is 1.30. The van der Waals surface area contributed by atoms with Gasteiger partial charge in [0.2, 0.25) is 0 Å². The van der Waals surface area contributed by atoms with Gasteiger partial charge in [-0.1, -0.05) is 0 Å². The molecule has 31 heavy (non-hydrogen) atoms. The van der Waals surface area contributed by atoms with Crippen molar-refractivity contribution in [3.8, 4) is 0 Å². The van der Waals surface area contributed by atoms with E-state index in [2.05, 4.69) is 59.8 Å². The molecule has 0 bridgehead atoms. The SMILES string of the molecule is B=C(Nc1ccc(C)c(C)c1)N1CC(c2nc3c(cnn3C3CCCCC3)c(=O)[nH]2)C1. The van der Waals surface area contributed by atoms with Crippen molar-refractivity contribution in [1.29, 1.82) is 0 Å². The molecule has 2 fully saturated rings. The number of nitrogens with one attached hydrogen (secondary N) is 2. The van der Waals surface area contributed by atoms with Crippen molar-refractivity contribution in [3.05, 3.63) is 51.7 Å². The van der Waals surface area contributed by atoms with Crippen LogP contribution in [0.2, 0.25) is 0 Å². The number of aryl methyl sites for hydroxylation is 2. The van der Waals surface area contributed by atoms with Crippen molar-refractivity contribution < 1.29 is 0 Å². The van der Waals surface area contributed by atoms with E-state index in [9.17, 15) is 4.79 Å². The fourth-order valence-electron chi connectivity index (χ4n) is 4.68. The second-order valence-corrected chi connectivity index (χ2v) is 9.04. The van der Waals surface area contributed by atoms with Crippen LogP contribution in [0.4, 0.5) is 5.69 Å². The van der Waals surface area contributed by atoms with Gasteiger partial charge in [0.05, 0.1) is 0 Å². The number of nitrogens with zero attached hydrogens (tertiary/aromatic N) is 4. The second kappa shape index (κ2) is 7.98. The number of aromatic amines is 1. The topological polar surface area (TPSA) is 78.8 Å². The van der Waals surface area contributed by atoms with Crippen LogP contribution in [0.25, 0.3) is 11.0 Å². The zero-order valence-electron chi connectivity index (χ0n) is 18.3. The first-order valence-electron chi connectivity index (χ1n) is 11.2. The summed E-state index contributed by atoms with van der Waals surface area (Å²) in [6.45, 7) is 5.78. The minimum atomic E-state index is -0.0902. The van der Waals surface area contributed by atoms with Gasteiger partial charge in [-0.3, -0.25) is 0 Å². The number of benzene rings is 1. The summed E-state index contributed by atoms with van der Waals surface area (Å²) < 4.78 is 1.99. The molecule has 3 heterocycles. The third-order valence-corrected chi connectivity index (χ3v) is 6.85. The molecule has 1 aliphatic heterocycles. The number of fused-ring (bicyclic) bond motifs is 1. The average molecular weight is 416 g/mol. The van der Waals surface area contributed by atoms with E-state index in [1.54, 1.807) is 6.20 Å². The van der Waals surface area contributed by atoms with Crippen LogP contribution in [0.1, 0.15) is 61.0 Å². The predicted molar refractivity (Wildman–Crippen MR) is 126 cm³/mol. The summed E-state index contributed by atoms with van der Waals surface area (Å²) in [6.07, 6.45) is 7.61. The van der Waals surface area contributed by atoms with Gasteiger partial charge < -0.3 is 0 Å². The molecule has 1 aliphatic carbocycles. The summed E-state index contributed by atoms with van der Waals surface area (Å²) in [5.41, 5.74) is 5.09. The van der Waals surface area contributed by atoms with Crippen LogP contribution < -0.4 is 10.9 Å². The van der Waals surface area contributed by atoms with E-state index in [1.165, 1.54) is 30.4 Å². The maximum atomic E-state index is 12.7. The number of anilines is 1. The van der Waals surface area contributed by atoms with Crippen molar-refractivity contribution in [2.24, 2.45) is 0 Å². The molecule has 8 heteroatoms. The minimum absolute atomic E-state index is 0.0902. The van der Waals surface area contributed by atoms with Crippen molar-refractivity contribution in [1.82, 2.24) is 24.6 Å². The zero-order chi connectivity index (χ0) is 21.5.